The normalized spacial score (nSPS) is 18.0. The molecular weight excluding hydrogens is 572 g/mol. The number of piperidine rings is 1. The summed E-state index contributed by atoms with van der Waals surface area (Å²) in [5, 5.41) is 11.6. The Kier molecular flexibility index (Phi) is 9.36. The fraction of sp³-hybridized carbons (Fsp3) is 0.556. The van der Waals surface area contributed by atoms with Crippen molar-refractivity contribution in [3.63, 3.8) is 0 Å². The highest BCUT2D eigenvalue weighted by molar-refractivity contribution is 5.86. The number of carboxylic acid groups (broad SMARTS) is 1. The van der Waals surface area contributed by atoms with E-state index in [2.05, 4.69) is 15.3 Å². The Morgan fingerprint density at radius 2 is 1.69 bits per heavy atom. The van der Waals surface area contributed by atoms with Crippen LogP contribution in [0.4, 0.5) is 38.0 Å². The maximum Gasteiger partial charge on any atom is 0.451 e. The van der Waals surface area contributed by atoms with E-state index in [-0.39, 0.29) is 42.7 Å². The molecule has 2 saturated heterocycles. The molecule has 4 rings (SSSR count). The van der Waals surface area contributed by atoms with Crippen molar-refractivity contribution < 1.29 is 45.8 Å². The van der Waals surface area contributed by atoms with Gasteiger partial charge in [0.05, 0.1) is 12.7 Å². The third-order valence-corrected chi connectivity index (χ3v) is 7.58. The molecule has 15 heteroatoms. The van der Waals surface area contributed by atoms with Crippen molar-refractivity contribution in [1.82, 2.24) is 15.3 Å². The lowest BCUT2D eigenvalue weighted by Crippen LogP contribution is -2.57. The summed E-state index contributed by atoms with van der Waals surface area (Å²) in [5.41, 5.74) is -0.402. The Hall–Kier alpha value is -3.78. The third-order valence-electron chi connectivity index (χ3n) is 7.58. The number of methoxy groups -OCH3 is 1. The lowest BCUT2D eigenvalue weighted by molar-refractivity contribution is -0.145. The molecule has 230 valence electrons. The number of amides is 1. The van der Waals surface area contributed by atoms with Crippen molar-refractivity contribution in [1.29, 1.82) is 0 Å². The van der Waals surface area contributed by atoms with Crippen LogP contribution in [0.1, 0.15) is 49.1 Å². The van der Waals surface area contributed by atoms with Gasteiger partial charge in [-0.2, -0.15) is 26.3 Å². The number of benzene rings is 1. The predicted molar refractivity (Wildman–Crippen MR) is 139 cm³/mol. The lowest BCUT2D eigenvalue weighted by atomic mass is 9.92. The van der Waals surface area contributed by atoms with Crippen molar-refractivity contribution in [2.75, 3.05) is 43.1 Å². The number of anilines is 2. The summed E-state index contributed by atoms with van der Waals surface area (Å²) in [4.78, 5) is 34.4. The molecule has 0 unspecified atom stereocenters. The first-order valence-electron chi connectivity index (χ1n) is 13.5. The van der Waals surface area contributed by atoms with Crippen LogP contribution in [0.25, 0.3) is 0 Å². The first kappa shape index (κ1) is 31.2. The summed E-state index contributed by atoms with van der Waals surface area (Å²) >= 11 is 0. The first-order valence-corrected chi connectivity index (χ1v) is 13.5. The SMILES string of the molecule is COc1cc(C(F)(F)F)ccc1CCNC(=O)[C@@H]1CCN1c1cc(N2CCC(CCC(=O)O)CC2)nc(C(F)(F)F)n1. The smallest absolute Gasteiger partial charge is 0.451 e. The molecule has 2 aliphatic heterocycles. The van der Waals surface area contributed by atoms with Gasteiger partial charge < -0.3 is 25.0 Å². The van der Waals surface area contributed by atoms with E-state index in [1.165, 1.54) is 24.1 Å². The monoisotopic (exact) mass is 603 g/mol. The molecule has 0 spiro atoms. The molecule has 42 heavy (non-hydrogen) atoms. The van der Waals surface area contributed by atoms with Gasteiger partial charge in [0.15, 0.2) is 0 Å². The van der Waals surface area contributed by atoms with Gasteiger partial charge in [-0.05, 0) is 55.7 Å². The zero-order valence-electron chi connectivity index (χ0n) is 22.8. The fourth-order valence-electron chi connectivity index (χ4n) is 5.14. The van der Waals surface area contributed by atoms with Crippen LogP contribution in [0.2, 0.25) is 0 Å². The summed E-state index contributed by atoms with van der Waals surface area (Å²) in [6.07, 6.45) is -7.01. The van der Waals surface area contributed by atoms with E-state index in [1.54, 1.807) is 4.90 Å². The van der Waals surface area contributed by atoms with Gasteiger partial charge >= 0.3 is 18.3 Å². The highest BCUT2D eigenvalue weighted by Gasteiger charge is 2.40. The first-order chi connectivity index (χ1) is 19.8. The number of alkyl halides is 6. The van der Waals surface area contributed by atoms with Crippen molar-refractivity contribution in [3.05, 3.63) is 41.2 Å². The van der Waals surface area contributed by atoms with Crippen molar-refractivity contribution >= 4 is 23.5 Å². The van der Waals surface area contributed by atoms with Gasteiger partial charge in [-0.3, -0.25) is 9.59 Å². The van der Waals surface area contributed by atoms with Crippen LogP contribution in [-0.2, 0) is 28.4 Å². The number of nitrogens with zero attached hydrogens (tertiary/aromatic N) is 4. The van der Waals surface area contributed by atoms with Crippen LogP contribution >= 0.6 is 0 Å². The van der Waals surface area contributed by atoms with E-state index >= 15 is 0 Å². The molecule has 2 fully saturated rings. The number of rotatable bonds is 10. The number of carboxylic acids is 1. The van der Waals surface area contributed by atoms with E-state index in [9.17, 15) is 35.9 Å². The van der Waals surface area contributed by atoms with E-state index < -0.39 is 41.7 Å². The van der Waals surface area contributed by atoms with Crippen LogP contribution in [0.5, 0.6) is 5.75 Å². The molecule has 3 heterocycles. The van der Waals surface area contributed by atoms with Crippen LogP contribution in [0, 0.1) is 5.92 Å². The maximum atomic E-state index is 13.7. The van der Waals surface area contributed by atoms with Crippen LogP contribution < -0.4 is 19.9 Å². The zero-order valence-corrected chi connectivity index (χ0v) is 22.8. The molecule has 9 nitrogen and oxygen atoms in total. The number of ether oxygens (including phenoxy) is 1. The standard InChI is InChI=1S/C27H31F6N5O4/c1-42-20-14-18(26(28,29)30)4-3-17(20)6-10-34-24(41)19-9-13-38(19)22-15-21(35-25(36-22)27(31,32)33)37-11-7-16(8-12-37)2-5-23(39)40/h3-4,14-16,19H,2,5-13H2,1H3,(H,34,41)(H,39,40)/t19-/m0/s1. The van der Waals surface area contributed by atoms with Crippen molar-refractivity contribution in [2.45, 2.75) is 56.9 Å². The minimum atomic E-state index is -4.81. The second kappa shape index (κ2) is 12.6. The second-order valence-electron chi connectivity index (χ2n) is 10.3. The van der Waals surface area contributed by atoms with Gasteiger partial charge in [0.25, 0.3) is 0 Å². The maximum absolute atomic E-state index is 13.7. The highest BCUT2D eigenvalue weighted by atomic mass is 19.4. The molecule has 0 radical (unpaired) electrons. The number of halogens is 6. The van der Waals surface area contributed by atoms with Gasteiger partial charge in [-0.15, -0.1) is 0 Å². The molecule has 2 N–H and O–H groups in total. The molecule has 1 aromatic heterocycles. The predicted octanol–water partition coefficient (Wildman–Crippen LogP) is 4.54. The largest absolute Gasteiger partial charge is 0.496 e. The number of aliphatic carboxylic acids is 1. The molecule has 0 aliphatic carbocycles. The van der Waals surface area contributed by atoms with Crippen molar-refractivity contribution in [3.8, 4) is 5.75 Å². The fourth-order valence-corrected chi connectivity index (χ4v) is 5.14. The molecular formula is C27H31F6N5O4. The average Bonchev–Trinajstić information content (AvgIpc) is 2.90. The third kappa shape index (κ3) is 7.53. The van der Waals surface area contributed by atoms with Gasteiger partial charge in [0.2, 0.25) is 11.7 Å². The van der Waals surface area contributed by atoms with Crippen LogP contribution in [-0.4, -0.2) is 66.3 Å². The second-order valence-corrected chi connectivity index (χ2v) is 10.3. The molecule has 1 amide bonds. The molecule has 2 aromatic rings. The Labute approximate surface area is 237 Å². The highest BCUT2D eigenvalue weighted by Crippen LogP contribution is 2.35. The summed E-state index contributed by atoms with van der Waals surface area (Å²) < 4.78 is 85.1. The molecule has 2 aliphatic rings. The van der Waals surface area contributed by atoms with Gasteiger partial charge in [0, 0.05) is 38.7 Å². The minimum absolute atomic E-state index is 0.0310. The topological polar surface area (TPSA) is 108 Å². The van der Waals surface area contributed by atoms with Gasteiger partial charge in [-0.1, -0.05) is 6.07 Å². The summed E-state index contributed by atoms with van der Waals surface area (Å²) in [6, 6.07) is 3.74. The van der Waals surface area contributed by atoms with E-state index in [1.807, 2.05) is 0 Å². The Balaban J connectivity index is 1.41. The number of hydrogen-bond acceptors (Lipinski definition) is 7. The van der Waals surface area contributed by atoms with E-state index in [0.29, 0.717) is 50.9 Å². The van der Waals surface area contributed by atoms with E-state index in [4.69, 9.17) is 9.84 Å². The average molecular weight is 604 g/mol. The van der Waals surface area contributed by atoms with Crippen LogP contribution in [0.3, 0.4) is 0 Å². The summed E-state index contributed by atoms with van der Waals surface area (Å²) in [7, 11) is 1.25. The minimum Gasteiger partial charge on any atom is -0.496 e. The summed E-state index contributed by atoms with van der Waals surface area (Å²) in [5.74, 6) is -2.40. The quantitative estimate of drug-likeness (QED) is 0.382. The Morgan fingerprint density at radius 1 is 1.00 bits per heavy atom. The lowest BCUT2D eigenvalue weighted by Gasteiger charge is -2.41. The number of carbonyl (C=O) groups is 2. The zero-order chi connectivity index (χ0) is 30.7. The number of aromatic nitrogens is 2. The molecule has 1 aromatic carbocycles. The van der Waals surface area contributed by atoms with Crippen LogP contribution in [0.15, 0.2) is 24.3 Å². The van der Waals surface area contributed by atoms with E-state index in [0.717, 1.165) is 12.1 Å². The molecule has 1 atom stereocenters. The Bertz CT molecular complexity index is 1280. The van der Waals surface area contributed by atoms with Crippen molar-refractivity contribution in [2.24, 2.45) is 5.92 Å². The summed E-state index contributed by atoms with van der Waals surface area (Å²) in [6.45, 7) is 1.20. The number of nitrogens with one attached hydrogen (secondary N) is 1. The molecule has 0 bridgehead atoms. The number of carbonyl (C=O) groups excluding carboxylic acids is 1. The number of hydrogen-bond donors (Lipinski definition) is 2. The molecule has 0 saturated carbocycles. The Morgan fingerprint density at radius 3 is 2.26 bits per heavy atom. The van der Waals surface area contributed by atoms with Gasteiger partial charge in [-0.25, -0.2) is 9.97 Å². The van der Waals surface area contributed by atoms with Gasteiger partial charge in [0.1, 0.15) is 23.4 Å².